The van der Waals surface area contributed by atoms with E-state index < -0.39 is 16.3 Å². The summed E-state index contributed by atoms with van der Waals surface area (Å²) in [7, 11) is -1.26. The summed E-state index contributed by atoms with van der Waals surface area (Å²) in [5, 5.41) is 0. The average Bonchev–Trinajstić information content (AvgIpc) is 2.98. The molecule has 0 fully saturated rings. The quantitative estimate of drug-likeness (QED) is 0.0382. The SMILES string of the molecule is CCCCCCCCP(O)CCCCCCCC.CCCCCCCCP(O)CCCCCCCC.[CH2-]CC.[O]=[Ti+]. The molecule has 0 aromatic rings. The summed E-state index contributed by atoms with van der Waals surface area (Å²) in [6.07, 6.45) is 37.5. The van der Waals surface area contributed by atoms with Crippen molar-refractivity contribution < 1.29 is 33.5 Å². The summed E-state index contributed by atoms with van der Waals surface area (Å²) >= 11 is 0.750. The molecule has 3 nitrogen and oxygen atoms in total. The Hall–Kier alpha value is 1.29. The first-order valence-electron chi connectivity index (χ1n) is 17.9. The number of rotatable bonds is 28. The maximum atomic E-state index is 9.92. The van der Waals surface area contributed by atoms with Crippen molar-refractivity contribution in [2.24, 2.45) is 0 Å². The van der Waals surface area contributed by atoms with Crippen LogP contribution >= 0.6 is 16.3 Å². The Bertz CT molecular complexity index is 340. The fraction of sp³-hybridized carbons (Fsp3) is 0.971. The van der Waals surface area contributed by atoms with Gasteiger partial charge < -0.3 is 16.7 Å². The Balaban J connectivity index is -0.000000288. The molecule has 0 rings (SSSR count). The Morgan fingerprint density at radius 3 is 0.707 bits per heavy atom. The van der Waals surface area contributed by atoms with E-state index in [0.717, 1.165) is 51.5 Å². The van der Waals surface area contributed by atoms with E-state index in [4.69, 9.17) is 3.32 Å². The van der Waals surface area contributed by atoms with Crippen molar-refractivity contribution >= 4 is 16.3 Å². The van der Waals surface area contributed by atoms with Gasteiger partial charge in [0.2, 0.25) is 0 Å². The molecular formula is C35H77O3P2Ti. The molecule has 0 atom stereocenters. The van der Waals surface area contributed by atoms with E-state index >= 15 is 0 Å². The van der Waals surface area contributed by atoms with Gasteiger partial charge in [-0.2, -0.15) is 6.42 Å². The molecule has 0 heterocycles. The Kier molecular flexibility index (Phi) is 61.1. The molecule has 0 aromatic carbocycles. The predicted octanol–water partition coefficient (Wildman–Crippen LogP) is 13.3. The summed E-state index contributed by atoms with van der Waals surface area (Å²) < 4.78 is 8.25. The molecule has 0 saturated heterocycles. The van der Waals surface area contributed by atoms with Gasteiger partial charge in [-0.05, 0) is 50.3 Å². The number of unbranched alkanes of at least 4 members (excludes halogenated alkanes) is 20. The minimum atomic E-state index is -0.630. The van der Waals surface area contributed by atoms with Crippen molar-refractivity contribution in [1.29, 1.82) is 0 Å². The van der Waals surface area contributed by atoms with Gasteiger partial charge in [0.1, 0.15) is 0 Å². The predicted molar refractivity (Wildman–Crippen MR) is 188 cm³/mol. The van der Waals surface area contributed by atoms with Gasteiger partial charge >= 0.3 is 23.7 Å². The van der Waals surface area contributed by atoms with Gasteiger partial charge in [-0.1, -0.05) is 163 Å². The molecule has 0 aliphatic heterocycles. The zero-order chi connectivity index (χ0) is 31.7. The normalized spacial score (nSPS) is 10.5. The summed E-state index contributed by atoms with van der Waals surface area (Å²) in [5.74, 6) is 0. The molecule has 0 aliphatic carbocycles. The van der Waals surface area contributed by atoms with Crippen LogP contribution in [0.2, 0.25) is 0 Å². The first kappa shape index (κ1) is 49.2. The van der Waals surface area contributed by atoms with Gasteiger partial charge in [-0.3, -0.25) is 0 Å². The Morgan fingerprint density at radius 1 is 0.390 bits per heavy atom. The van der Waals surface area contributed by atoms with Gasteiger partial charge in [-0.25, -0.2) is 0 Å². The Morgan fingerprint density at radius 2 is 0.537 bits per heavy atom. The second-order valence-corrected chi connectivity index (χ2v) is 15.3. The summed E-state index contributed by atoms with van der Waals surface area (Å²) in [6.45, 7) is 14.5. The second-order valence-electron chi connectivity index (χ2n) is 11.5. The fourth-order valence-electron chi connectivity index (χ4n) is 4.52. The van der Waals surface area contributed by atoms with Crippen LogP contribution in [-0.4, -0.2) is 34.4 Å². The first-order chi connectivity index (χ1) is 20.0. The zero-order valence-electron chi connectivity index (χ0n) is 28.9. The molecule has 0 aromatic heterocycles. The van der Waals surface area contributed by atoms with E-state index in [9.17, 15) is 9.79 Å². The Labute approximate surface area is 275 Å². The average molecular weight is 656 g/mol. The van der Waals surface area contributed by atoms with E-state index in [-0.39, 0.29) is 0 Å². The second kappa shape index (κ2) is 50.9. The van der Waals surface area contributed by atoms with Crippen LogP contribution in [0.25, 0.3) is 0 Å². The van der Waals surface area contributed by atoms with Crippen molar-refractivity contribution in [2.45, 2.75) is 195 Å². The van der Waals surface area contributed by atoms with Crippen molar-refractivity contribution in [2.75, 3.05) is 24.6 Å². The summed E-state index contributed by atoms with van der Waals surface area (Å²) in [5.41, 5.74) is 0. The van der Waals surface area contributed by atoms with Crippen molar-refractivity contribution in [3.63, 3.8) is 0 Å². The molecular weight excluding hydrogens is 578 g/mol. The van der Waals surface area contributed by atoms with E-state index in [1.54, 1.807) is 0 Å². The minimum absolute atomic E-state index is 0.630. The fourth-order valence-corrected chi connectivity index (χ4v) is 7.32. The molecule has 6 heteroatoms. The molecule has 41 heavy (non-hydrogen) atoms. The van der Waals surface area contributed by atoms with Crippen LogP contribution in [0.15, 0.2) is 0 Å². The van der Waals surface area contributed by atoms with Crippen LogP contribution in [0.1, 0.15) is 195 Å². The van der Waals surface area contributed by atoms with Gasteiger partial charge in [0.25, 0.3) is 0 Å². The van der Waals surface area contributed by atoms with Crippen LogP contribution in [0, 0.1) is 6.92 Å². The molecule has 2 N–H and O–H groups in total. The molecule has 0 saturated carbocycles. The maximum absolute atomic E-state index is 9.92. The third-order valence-corrected chi connectivity index (χ3v) is 10.4. The van der Waals surface area contributed by atoms with Gasteiger partial charge in [0, 0.05) is 16.3 Å². The topological polar surface area (TPSA) is 57.5 Å². The summed E-state index contributed by atoms with van der Waals surface area (Å²) in [6, 6.07) is 0. The van der Waals surface area contributed by atoms with Crippen LogP contribution in [-0.2, 0) is 23.7 Å². The zero-order valence-corrected chi connectivity index (χ0v) is 32.3. The van der Waals surface area contributed by atoms with Crippen LogP contribution in [0.4, 0.5) is 0 Å². The standard InChI is InChI=1S/2C16H35OP.C3H7.O.Ti/c2*1-3-5-7-9-11-13-15-18(17)16-14-12-10-8-6-4-2;1-3-2;;/h2*17H,3-16H2,1-2H3;1,3H2,2H3;;/q;;-1;;+1. The molecule has 0 amide bonds. The first-order valence-corrected chi connectivity index (χ1v) is 21.9. The number of hydrogen-bond donors (Lipinski definition) is 2. The van der Waals surface area contributed by atoms with Crippen LogP contribution < -0.4 is 0 Å². The number of hydrogen-bond acceptors (Lipinski definition) is 3. The van der Waals surface area contributed by atoms with Crippen LogP contribution in [0.5, 0.6) is 0 Å². The third kappa shape index (κ3) is 57.5. The van der Waals surface area contributed by atoms with E-state index in [1.807, 2.05) is 6.92 Å². The van der Waals surface area contributed by atoms with Gasteiger partial charge in [0.05, 0.1) is 0 Å². The van der Waals surface area contributed by atoms with Gasteiger partial charge in [0.15, 0.2) is 0 Å². The van der Waals surface area contributed by atoms with E-state index in [1.165, 1.54) is 154 Å². The van der Waals surface area contributed by atoms with Crippen LogP contribution in [0.3, 0.4) is 0 Å². The molecule has 0 bridgehead atoms. The van der Waals surface area contributed by atoms with E-state index in [2.05, 4.69) is 34.6 Å². The monoisotopic (exact) mass is 655 g/mol. The van der Waals surface area contributed by atoms with Gasteiger partial charge in [-0.15, -0.1) is 0 Å². The summed E-state index contributed by atoms with van der Waals surface area (Å²) in [4.78, 5) is 19.8. The molecule has 0 radical (unpaired) electrons. The van der Waals surface area contributed by atoms with E-state index in [0.29, 0.717) is 0 Å². The van der Waals surface area contributed by atoms with Crippen molar-refractivity contribution in [1.82, 2.24) is 0 Å². The van der Waals surface area contributed by atoms with Crippen molar-refractivity contribution in [3.05, 3.63) is 6.92 Å². The molecule has 0 aliphatic rings. The van der Waals surface area contributed by atoms with Crippen molar-refractivity contribution in [3.8, 4) is 0 Å². The molecule has 0 spiro atoms. The molecule has 0 unspecified atom stereocenters. The molecule has 249 valence electrons. The third-order valence-electron chi connectivity index (χ3n) is 7.08.